The Hall–Kier alpha value is -2.97. The van der Waals surface area contributed by atoms with E-state index < -0.39 is 0 Å². The Bertz CT molecular complexity index is 844. The Morgan fingerprint density at radius 1 is 1.27 bits per heavy atom. The van der Waals surface area contributed by atoms with Gasteiger partial charge in [0.05, 0.1) is 0 Å². The summed E-state index contributed by atoms with van der Waals surface area (Å²) < 4.78 is 4.03. The summed E-state index contributed by atoms with van der Waals surface area (Å²) in [5.41, 5.74) is 0. The van der Waals surface area contributed by atoms with Gasteiger partial charge in [0.15, 0.2) is 11.6 Å². The van der Waals surface area contributed by atoms with Gasteiger partial charge in [-0.25, -0.2) is 4.98 Å². The fourth-order valence-corrected chi connectivity index (χ4v) is 3.52. The molecule has 1 aliphatic heterocycles. The molecule has 1 N–H and O–H groups in total. The second-order valence-electron chi connectivity index (χ2n) is 6.43. The number of likely N-dealkylation sites (tertiary alicyclic amines) is 1. The van der Waals surface area contributed by atoms with E-state index in [2.05, 4.69) is 36.8 Å². The molecular weight excluding hydrogens is 332 g/mol. The van der Waals surface area contributed by atoms with Gasteiger partial charge >= 0.3 is 0 Å². The molecule has 9 heteroatoms. The maximum Gasteiger partial charge on any atom is 0.289 e. The quantitative estimate of drug-likeness (QED) is 0.744. The highest BCUT2D eigenvalue weighted by atomic mass is 16.2. The minimum atomic E-state index is -0.0372. The van der Waals surface area contributed by atoms with Crippen molar-refractivity contribution in [1.82, 2.24) is 39.4 Å². The van der Waals surface area contributed by atoms with Crippen LogP contribution in [0.3, 0.4) is 0 Å². The zero-order valence-electron chi connectivity index (χ0n) is 14.7. The lowest BCUT2D eigenvalue weighted by molar-refractivity contribution is 0.0699. The van der Waals surface area contributed by atoms with E-state index in [0.29, 0.717) is 31.4 Å². The van der Waals surface area contributed by atoms with Crippen LogP contribution in [-0.4, -0.2) is 58.4 Å². The second kappa shape index (κ2) is 7.11. The van der Waals surface area contributed by atoms with E-state index >= 15 is 0 Å². The van der Waals surface area contributed by atoms with Gasteiger partial charge in [0.1, 0.15) is 12.4 Å². The van der Waals surface area contributed by atoms with Gasteiger partial charge in [0, 0.05) is 50.3 Å². The van der Waals surface area contributed by atoms with E-state index in [-0.39, 0.29) is 5.91 Å². The summed E-state index contributed by atoms with van der Waals surface area (Å²) in [6.07, 6.45) is 8.72. The van der Waals surface area contributed by atoms with Crippen LogP contribution >= 0.6 is 0 Å². The molecule has 0 unspecified atom stereocenters. The number of aromatic amines is 1. The molecule has 0 saturated carbocycles. The Morgan fingerprint density at radius 2 is 2.12 bits per heavy atom. The Labute approximate surface area is 151 Å². The highest BCUT2D eigenvalue weighted by molar-refractivity contribution is 5.90. The normalized spacial score (nSPS) is 15.5. The summed E-state index contributed by atoms with van der Waals surface area (Å²) in [4.78, 5) is 21.2. The van der Waals surface area contributed by atoms with Crippen LogP contribution in [0.4, 0.5) is 0 Å². The molecule has 3 aromatic rings. The first-order chi connectivity index (χ1) is 12.8. The minimum Gasteiger partial charge on any atom is -0.341 e. The van der Waals surface area contributed by atoms with E-state index in [1.807, 2.05) is 21.8 Å². The maximum absolute atomic E-state index is 12.4. The summed E-state index contributed by atoms with van der Waals surface area (Å²) >= 11 is 0. The molecule has 1 amide bonds. The summed E-state index contributed by atoms with van der Waals surface area (Å²) in [5, 5.41) is 13.1. The number of carbonyl (C=O) groups excluding carboxylic acids is 1. The highest BCUT2D eigenvalue weighted by Gasteiger charge is 2.29. The molecule has 0 aliphatic carbocycles. The van der Waals surface area contributed by atoms with Gasteiger partial charge in [0.25, 0.3) is 5.91 Å². The minimum absolute atomic E-state index is 0.0372. The summed E-state index contributed by atoms with van der Waals surface area (Å²) in [5.74, 6) is 2.61. The van der Waals surface area contributed by atoms with Crippen molar-refractivity contribution in [3.8, 4) is 0 Å². The van der Waals surface area contributed by atoms with Gasteiger partial charge in [-0.05, 0) is 25.8 Å². The van der Waals surface area contributed by atoms with Crippen LogP contribution in [0.5, 0.6) is 0 Å². The number of piperidine rings is 1. The molecule has 4 rings (SSSR count). The SMILES string of the molecule is CCn1c(Cn2cccn2)nnc1C1CCN(C(=O)c2ncc[nH]2)CC1. The summed E-state index contributed by atoms with van der Waals surface area (Å²) in [6.45, 7) is 4.95. The van der Waals surface area contributed by atoms with E-state index in [0.717, 1.165) is 31.0 Å². The topological polar surface area (TPSA) is 97.5 Å². The lowest BCUT2D eigenvalue weighted by atomic mass is 9.95. The monoisotopic (exact) mass is 354 g/mol. The summed E-state index contributed by atoms with van der Waals surface area (Å²) in [7, 11) is 0. The molecule has 0 bridgehead atoms. The number of amides is 1. The zero-order valence-corrected chi connectivity index (χ0v) is 14.7. The molecule has 0 aromatic carbocycles. The molecule has 1 fully saturated rings. The van der Waals surface area contributed by atoms with E-state index in [9.17, 15) is 4.79 Å². The number of carbonyl (C=O) groups is 1. The first-order valence-electron chi connectivity index (χ1n) is 8.94. The molecule has 26 heavy (non-hydrogen) atoms. The molecule has 0 radical (unpaired) electrons. The average molecular weight is 354 g/mol. The largest absolute Gasteiger partial charge is 0.341 e. The van der Waals surface area contributed by atoms with Crippen molar-refractivity contribution in [2.75, 3.05) is 13.1 Å². The van der Waals surface area contributed by atoms with Crippen molar-refractivity contribution in [2.24, 2.45) is 0 Å². The molecule has 136 valence electrons. The predicted molar refractivity (Wildman–Crippen MR) is 93.5 cm³/mol. The number of hydrogen-bond donors (Lipinski definition) is 1. The van der Waals surface area contributed by atoms with Gasteiger partial charge in [-0.1, -0.05) is 0 Å². The van der Waals surface area contributed by atoms with Gasteiger partial charge in [-0.2, -0.15) is 5.10 Å². The highest BCUT2D eigenvalue weighted by Crippen LogP contribution is 2.28. The smallest absolute Gasteiger partial charge is 0.289 e. The van der Waals surface area contributed by atoms with Crippen LogP contribution in [-0.2, 0) is 13.1 Å². The number of imidazole rings is 1. The Kier molecular flexibility index (Phi) is 4.51. The van der Waals surface area contributed by atoms with Crippen molar-refractivity contribution in [1.29, 1.82) is 0 Å². The third kappa shape index (κ3) is 3.12. The first-order valence-corrected chi connectivity index (χ1v) is 8.94. The molecule has 0 spiro atoms. The van der Waals surface area contributed by atoms with Gasteiger partial charge in [0.2, 0.25) is 0 Å². The van der Waals surface area contributed by atoms with E-state index in [1.54, 1.807) is 18.6 Å². The second-order valence-corrected chi connectivity index (χ2v) is 6.43. The molecule has 9 nitrogen and oxygen atoms in total. The van der Waals surface area contributed by atoms with Crippen LogP contribution in [0.15, 0.2) is 30.9 Å². The fraction of sp³-hybridized carbons (Fsp3) is 0.471. The van der Waals surface area contributed by atoms with Crippen molar-refractivity contribution < 1.29 is 4.79 Å². The van der Waals surface area contributed by atoms with E-state index in [4.69, 9.17) is 0 Å². The number of nitrogens with one attached hydrogen (secondary N) is 1. The molecule has 3 aromatic heterocycles. The number of nitrogens with zero attached hydrogens (tertiary/aromatic N) is 7. The third-order valence-corrected chi connectivity index (χ3v) is 4.88. The van der Waals surface area contributed by atoms with Crippen LogP contribution in [0, 0.1) is 0 Å². The van der Waals surface area contributed by atoms with Crippen LogP contribution in [0.25, 0.3) is 0 Å². The first kappa shape index (κ1) is 16.5. The molecular formula is C17H22N8O. The number of aromatic nitrogens is 7. The molecule has 1 aliphatic rings. The van der Waals surface area contributed by atoms with Crippen molar-refractivity contribution in [2.45, 2.75) is 38.8 Å². The van der Waals surface area contributed by atoms with Gasteiger partial charge < -0.3 is 14.5 Å². The number of H-pyrrole nitrogens is 1. The van der Waals surface area contributed by atoms with Gasteiger partial charge in [-0.3, -0.25) is 9.48 Å². The third-order valence-electron chi connectivity index (χ3n) is 4.88. The number of rotatable bonds is 5. The predicted octanol–water partition coefficient (Wildman–Crippen LogP) is 1.29. The summed E-state index contributed by atoms with van der Waals surface area (Å²) in [6, 6.07) is 1.90. The Balaban J connectivity index is 1.44. The van der Waals surface area contributed by atoms with Crippen LogP contribution in [0.2, 0.25) is 0 Å². The fourth-order valence-electron chi connectivity index (χ4n) is 3.52. The number of hydrogen-bond acceptors (Lipinski definition) is 5. The van der Waals surface area contributed by atoms with Crippen LogP contribution in [0.1, 0.15) is 48.0 Å². The lowest BCUT2D eigenvalue weighted by Crippen LogP contribution is -2.38. The van der Waals surface area contributed by atoms with Crippen molar-refractivity contribution in [3.63, 3.8) is 0 Å². The van der Waals surface area contributed by atoms with Crippen LogP contribution < -0.4 is 0 Å². The Morgan fingerprint density at radius 3 is 2.77 bits per heavy atom. The van der Waals surface area contributed by atoms with Crippen molar-refractivity contribution in [3.05, 3.63) is 48.3 Å². The lowest BCUT2D eigenvalue weighted by Gasteiger charge is -2.31. The molecule has 0 atom stereocenters. The maximum atomic E-state index is 12.4. The van der Waals surface area contributed by atoms with Gasteiger partial charge in [-0.15, -0.1) is 10.2 Å². The van der Waals surface area contributed by atoms with Crippen molar-refractivity contribution >= 4 is 5.91 Å². The zero-order chi connectivity index (χ0) is 17.9. The molecule has 1 saturated heterocycles. The van der Waals surface area contributed by atoms with E-state index in [1.165, 1.54) is 0 Å². The average Bonchev–Trinajstić information content (AvgIpc) is 3.43. The standard InChI is InChI=1S/C17H22N8O/c1-2-25-14(12-24-9-3-6-20-24)21-22-16(25)13-4-10-23(11-5-13)17(26)15-18-7-8-19-15/h3,6-9,13H,2,4-5,10-12H2,1H3,(H,18,19). The molecule has 4 heterocycles.